The number of aliphatic hydroxyl groups is 2. The first-order chi connectivity index (χ1) is 20.1. The Morgan fingerprint density at radius 3 is 2.44 bits per heavy atom. The van der Waals surface area contributed by atoms with Gasteiger partial charge in [-0.05, 0) is 43.9 Å². The fraction of sp³-hybridized carbons (Fsp3) is 0.769. The zero-order valence-corrected chi connectivity index (χ0v) is 25.5. The van der Waals surface area contributed by atoms with Crippen molar-refractivity contribution in [2.75, 3.05) is 33.4 Å². The lowest BCUT2D eigenvalue weighted by atomic mass is 9.81. The largest absolute Gasteiger partial charge is 0.397 e. The van der Waals surface area contributed by atoms with Crippen molar-refractivity contribution in [2.45, 2.75) is 82.4 Å². The average molecular weight is 633 g/mol. The Hall–Kier alpha value is -2.83. The number of aliphatic hydroxyl groups excluding tert-OH is 2. The van der Waals surface area contributed by atoms with Crippen molar-refractivity contribution in [1.82, 2.24) is 20.4 Å². The summed E-state index contributed by atoms with van der Waals surface area (Å²) in [5, 5.41) is 33.8. The number of amides is 3. The van der Waals surface area contributed by atoms with Gasteiger partial charge >= 0.3 is 10.4 Å². The van der Waals surface area contributed by atoms with E-state index in [4.69, 9.17) is 20.4 Å². The van der Waals surface area contributed by atoms with Gasteiger partial charge in [0.15, 0.2) is 12.1 Å². The van der Waals surface area contributed by atoms with Crippen LogP contribution in [-0.4, -0.2) is 126 Å². The first-order valence-electron chi connectivity index (χ1n) is 14.3. The minimum absolute atomic E-state index is 0.0341. The van der Waals surface area contributed by atoms with Crippen LogP contribution in [-0.2, 0) is 33.7 Å². The van der Waals surface area contributed by atoms with Gasteiger partial charge in [0.2, 0.25) is 11.8 Å². The van der Waals surface area contributed by atoms with Crippen molar-refractivity contribution < 1.29 is 46.5 Å². The molecule has 17 heteroatoms. The molecule has 43 heavy (non-hydrogen) atoms. The van der Waals surface area contributed by atoms with Crippen molar-refractivity contribution in [2.24, 2.45) is 17.6 Å². The molecule has 8 N–H and O–H groups in total. The highest BCUT2D eigenvalue weighted by molar-refractivity contribution is 7.80. The van der Waals surface area contributed by atoms with E-state index < -0.39 is 71.2 Å². The Bertz CT molecular complexity index is 1180. The van der Waals surface area contributed by atoms with Gasteiger partial charge in [-0.2, -0.15) is 8.42 Å². The minimum Gasteiger partial charge on any atom is -0.390 e. The van der Waals surface area contributed by atoms with E-state index in [0.29, 0.717) is 19.5 Å². The van der Waals surface area contributed by atoms with Crippen molar-refractivity contribution in [3.8, 4) is 0 Å². The van der Waals surface area contributed by atoms with E-state index in [9.17, 15) is 33.0 Å². The Kier molecular flexibility index (Phi) is 11.9. The number of likely N-dealkylation sites (tertiary alicyclic amines) is 1. The summed E-state index contributed by atoms with van der Waals surface area (Å²) in [6.07, 6.45) is -0.383. The lowest BCUT2D eigenvalue weighted by molar-refractivity contribution is -0.147. The quantitative estimate of drug-likeness (QED) is 0.0509. The summed E-state index contributed by atoms with van der Waals surface area (Å²) >= 11 is 0. The molecule has 3 amide bonds. The molecule has 244 valence electrons. The number of guanidine groups is 1. The molecule has 1 saturated carbocycles. The molecule has 0 spiro atoms. The molecule has 1 aliphatic carbocycles. The molecule has 0 bridgehead atoms. The fourth-order valence-electron chi connectivity index (χ4n) is 5.98. The molecule has 0 aromatic heterocycles. The van der Waals surface area contributed by atoms with E-state index >= 15 is 0 Å². The maximum Gasteiger partial charge on any atom is 0.397 e. The van der Waals surface area contributed by atoms with E-state index in [1.165, 1.54) is 4.90 Å². The smallest absolute Gasteiger partial charge is 0.390 e. The van der Waals surface area contributed by atoms with Gasteiger partial charge in [-0.25, -0.2) is 4.18 Å². The third-order valence-corrected chi connectivity index (χ3v) is 8.57. The van der Waals surface area contributed by atoms with Gasteiger partial charge in [0, 0.05) is 32.8 Å². The Labute approximate surface area is 251 Å². The molecule has 1 saturated heterocycles. The van der Waals surface area contributed by atoms with Gasteiger partial charge in [0.1, 0.15) is 18.7 Å². The number of nitrogens with one attached hydrogen (secondary N) is 3. The number of carbonyl (C=O) groups is 3. The number of rotatable bonds is 13. The number of ether oxygens (including phenoxy) is 1. The first-order valence-corrected chi connectivity index (χ1v) is 15.7. The number of nitrogens with two attached hydrogens (primary N) is 1. The molecule has 0 aromatic carbocycles. The van der Waals surface area contributed by atoms with E-state index in [0.717, 1.165) is 12.7 Å². The highest BCUT2D eigenvalue weighted by Gasteiger charge is 2.52. The Morgan fingerprint density at radius 2 is 1.86 bits per heavy atom. The second kappa shape index (κ2) is 14.8. The highest BCUT2D eigenvalue weighted by Crippen LogP contribution is 2.40. The topological polar surface area (TPSA) is 245 Å². The Balaban J connectivity index is 1.77. The summed E-state index contributed by atoms with van der Waals surface area (Å²) < 4.78 is 40.1. The van der Waals surface area contributed by atoms with E-state index in [2.05, 4.69) is 14.8 Å². The molecule has 3 rings (SSSR count). The maximum atomic E-state index is 14.1. The molecule has 2 aliphatic heterocycles. The van der Waals surface area contributed by atoms with Crippen molar-refractivity contribution in [1.29, 1.82) is 5.41 Å². The van der Waals surface area contributed by atoms with Crippen LogP contribution in [0.3, 0.4) is 0 Å². The maximum absolute atomic E-state index is 14.1. The van der Waals surface area contributed by atoms with Crippen LogP contribution in [0.15, 0.2) is 11.6 Å². The first kappa shape index (κ1) is 34.7. The minimum atomic E-state index is -4.84. The van der Waals surface area contributed by atoms with Gasteiger partial charge < -0.3 is 41.1 Å². The fourth-order valence-corrected chi connectivity index (χ4v) is 6.27. The van der Waals surface area contributed by atoms with Gasteiger partial charge in [0.25, 0.3) is 5.91 Å². The standard InChI is InChI=1S/C26H44N6O10S/c1-14(2)8-17(30-24(36)22(41-3)13-42-43(38,39)40)25(37)32-18-11-21(34)20(33)10-16(18)9-19(32)23(35)29-6-4-15-5-7-31(12-15)26(27)28/h5,14,16-22,33-34H,4,6-13H2,1-3H3,(H3,27,28)(H,29,35)(H,30,36)(H,38,39,40)/t16-,17-,18+,19+,20+,21+,22-/m1/s1. The third-order valence-electron chi connectivity index (χ3n) is 8.14. The summed E-state index contributed by atoms with van der Waals surface area (Å²) in [5.74, 6) is -2.19. The zero-order valence-electron chi connectivity index (χ0n) is 24.6. The van der Waals surface area contributed by atoms with E-state index in [1.807, 2.05) is 19.9 Å². The van der Waals surface area contributed by atoms with Crippen molar-refractivity contribution >= 4 is 34.1 Å². The van der Waals surface area contributed by atoms with E-state index in [-0.39, 0.29) is 50.0 Å². The van der Waals surface area contributed by atoms with Gasteiger partial charge in [-0.15, -0.1) is 0 Å². The molecule has 16 nitrogen and oxygen atoms in total. The molecule has 2 heterocycles. The Morgan fingerprint density at radius 1 is 1.19 bits per heavy atom. The summed E-state index contributed by atoms with van der Waals surface area (Å²) in [5.41, 5.74) is 6.55. The van der Waals surface area contributed by atoms with Crippen LogP contribution < -0.4 is 16.4 Å². The monoisotopic (exact) mass is 632 g/mol. The van der Waals surface area contributed by atoms with Gasteiger partial charge in [-0.1, -0.05) is 25.5 Å². The number of hydrogen-bond acceptors (Lipinski definition) is 10. The lowest BCUT2D eigenvalue weighted by Gasteiger charge is -2.39. The SMILES string of the molecule is CO[C@H](COS(=O)(=O)O)C(=O)N[C@H](CC(C)C)C(=O)N1[C@H](C(=O)NCCC2=CCN(C(=N)N)C2)C[C@@H]2C[C@H](O)[C@@H](O)C[C@@H]21. The van der Waals surface area contributed by atoms with Crippen LogP contribution >= 0.6 is 0 Å². The number of nitrogens with zero attached hydrogens (tertiary/aromatic N) is 2. The molecular formula is C26H44N6O10S. The number of fused-ring (bicyclic) bond motifs is 1. The average Bonchev–Trinajstić information content (AvgIpc) is 3.52. The molecule has 2 fully saturated rings. The molecule has 0 unspecified atom stereocenters. The molecule has 7 atom stereocenters. The lowest BCUT2D eigenvalue weighted by Crippen LogP contribution is -2.59. The summed E-state index contributed by atoms with van der Waals surface area (Å²) in [7, 11) is -3.71. The van der Waals surface area contributed by atoms with Crippen LogP contribution in [0.1, 0.15) is 46.0 Å². The normalized spacial score (nSPS) is 27.0. The molecule has 0 aromatic rings. The zero-order chi connectivity index (χ0) is 32.1. The predicted molar refractivity (Wildman–Crippen MR) is 153 cm³/mol. The number of hydrogen-bond donors (Lipinski definition) is 7. The van der Waals surface area contributed by atoms with Gasteiger partial charge in [0.05, 0.1) is 12.2 Å². The second-order valence-electron chi connectivity index (χ2n) is 11.7. The van der Waals surface area contributed by atoms with Crippen LogP contribution in [0.25, 0.3) is 0 Å². The second-order valence-corrected chi connectivity index (χ2v) is 12.8. The van der Waals surface area contributed by atoms with Gasteiger partial charge in [-0.3, -0.25) is 24.3 Å². The van der Waals surface area contributed by atoms with Crippen LogP contribution in [0.2, 0.25) is 0 Å². The van der Waals surface area contributed by atoms with Crippen molar-refractivity contribution in [3.63, 3.8) is 0 Å². The van der Waals surface area contributed by atoms with Crippen LogP contribution in [0, 0.1) is 17.2 Å². The third kappa shape index (κ3) is 9.33. The van der Waals surface area contributed by atoms with Crippen molar-refractivity contribution in [3.05, 3.63) is 11.6 Å². The predicted octanol–water partition coefficient (Wildman–Crippen LogP) is -1.91. The number of methoxy groups -OCH3 is 1. The number of carbonyl (C=O) groups excluding carboxylic acids is 3. The van der Waals surface area contributed by atoms with E-state index in [1.54, 1.807) is 4.90 Å². The summed E-state index contributed by atoms with van der Waals surface area (Å²) in [6, 6.07) is -2.61. The highest BCUT2D eigenvalue weighted by atomic mass is 32.3. The van der Waals surface area contributed by atoms with Crippen LogP contribution in [0.4, 0.5) is 0 Å². The molecule has 3 aliphatic rings. The molecular weight excluding hydrogens is 588 g/mol. The molecule has 0 radical (unpaired) electrons. The van der Waals surface area contributed by atoms with Crippen LogP contribution in [0.5, 0.6) is 0 Å². The summed E-state index contributed by atoms with van der Waals surface area (Å²) in [4.78, 5) is 43.7. The summed E-state index contributed by atoms with van der Waals surface area (Å²) in [6.45, 7) is 4.15.